The molecular weight excluding hydrogens is 306 g/mol. The van der Waals surface area contributed by atoms with E-state index < -0.39 is 0 Å². The molecule has 0 bridgehead atoms. The van der Waals surface area contributed by atoms with Gasteiger partial charge in [0.25, 0.3) is 0 Å². The van der Waals surface area contributed by atoms with Gasteiger partial charge in [-0.15, -0.1) is 0 Å². The molecule has 5 rings (SSSR count). The van der Waals surface area contributed by atoms with Gasteiger partial charge < -0.3 is 4.74 Å². The van der Waals surface area contributed by atoms with E-state index in [-0.39, 0.29) is 0 Å². The summed E-state index contributed by atoms with van der Waals surface area (Å²) in [4.78, 5) is 5.07. The first-order chi connectivity index (χ1) is 12.3. The number of para-hydroxylation sites is 1. The largest absolute Gasteiger partial charge is 0.488 e. The van der Waals surface area contributed by atoms with Crippen LogP contribution in [0.3, 0.4) is 0 Å². The molecule has 1 aliphatic carbocycles. The van der Waals surface area contributed by atoms with Gasteiger partial charge in [0.2, 0.25) is 0 Å². The normalized spacial score (nSPS) is 17.0. The van der Waals surface area contributed by atoms with Gasteiger partial charge in [0.1, 0.15) is 12.4 Å². The fourth-order valence-electron chi connectivity index (χ4n) is 4.61. The molecule has 2 heterocycles. The number of aryl methyl sites for hydroxylation is 1. The molecule has 2 nitrogen and oxygen atoms in total. The lowest BCUT2D eigenvalue weighted by molar-refractivity contribution is 0.304. The zero-order valence-corrected chi connectivity index (χ0v) is 14.7. The predicted molar refractivity (Wildman–Crippen MR) is 102 cm³/mol. The highest BCUT2D eigenvalue weighted by atomic mass is 16.5. The van der Waals surface area contributed by atoms with E-state index in [4.69, 9.17) is 9.72 Å². The highest BCUT2D eigenvalue weighted by Gasteiger charge is 2.22. The molecule has 1 aliphatic heterocycles. The Morgan fingerprint density at radius 1 is 0.960 bits per heavy atom. The van der Waals surface area contributed by atoms with E-state index in [2.05, 4.69) is 43.3 Å². The molecule has 3 aromatic rings. The Bertz CT molecular complexity index is 954. The highest BCUT2D eigenvalue weighted by molar-refractivity contribution is 5.93. The Kier molecular flexibility index (Phi) is 3.51. The third kappa shape index (κ3) is 2.43. The van der Waals surface area contributed by atoms with Crippen LogP contribution in [-0.2, 0) is 6.61 Å². The first kappa shape index (κ1) is 14.9. The summed E-state index contributed by atoms with van der Waals surface area (Å²) in [5.74, 6) is 1.63. The molecule has 1 aromatic heterocycles. The molecule has 2 heteroatoms. The fraction of sp³-hybridized carbons (Fsp3) is 0.348. The van der Waals surface area contributed by atoms with E-state index in [1.54, 1.807) is 0 Å². The monoisotopic (exact) mass is 329 g/mol. The number of aromatic nitrogens is 1. The van der Waals surface area contributed by atoms with E-state index in [9.17, 15) is 0 Å². The molecule has 0 radical (unpaired) electrons. The first-order valence-electron chi connectivity index (χ1n) is 9.46. The molecule has 0 amide bonds. The minimum atomic E-state index is 0.634. The van der Waals surface area contributed by atoms with Crippen LogP contribution in [0.2, 0.25) is 0 Å². The first-order valence-corrected chi connectivity index (χ1v) is 9.46. The molecule has 2 aromatic carbocycles. The van der Waals surface area contributed by atoms with E-state index in [0.29, 0.717) is 12.5 Å². The van der Waals surface area contributed by atoms with Crippen molar-refractivity contribution in [3.05, 3.63) is 59.3 Å². The van der Waals surface area contributed by atoms with Gasteiger partial charge in [0.05, 0.1) is 5.52 Å². The molecule has 0 saturated heterocycles. The highest BCUT2D eigenvalue weighted by Crippen LogP contribution is 2.41. The van der Waals surface area contributed by atoms with Crippen molar-refractivity contribution in [2.75, 3.05) is 0 Å². The third-order valence-electron chi connectivity index (χ3n) is 5.87. The van der Waals surface area contributed by atoms with Crippen molar-refractivity contribution in [1.29, 1.82) is 0 Å². The topological polar surface area (TPSA) is 22.1 Å². The van der Waals surface area contributed by atoms with Crippen molar-refractivity contribution in [3.8, 4) is 16.9 Å². The van der Waals surface area contributed by atoms with Crippen molar-refractivity contribution < 1.29 is 4.74 Å². The maximum Gasteiger partial charge on any atom is 0.127 e. The van der Waals surface area contributed by atoms with Gasteiger partial charge in [-0.25, -0.2) is 0 Å². The number of ether oxygens (including phenoxy) is 1. The Morgan fingerprint density at radius 3 is 2.68 bits per heavy atom. The summed E-state index contributed by atoms with van der Waals surface area (Å²) in [5, 5.41) is 1.28. The molecular formula is C23H23NO. The second-order valence-corrected chi connectivity index (χ2v) is 7.47. The lowest BCUT2D eigenvalue weighted by Crippen LogP contribution is -2.10. The maximum absolute atomic E-state index is 6.03. The van der Waals surface area contributed by atoms with Crippen molar-refractivity contribution in [2.45, 2.75) is 51.6 Å². The summed E-state index contributed by atoms with van der Waals surface area (Å²) in [6, 6.07) is 15.1. The average Bonchev–Trinajstić information content (AvgIpc) is 2.67. The molecule has 0 unspecified atom stereocenters. The number of benzene rings is 2. The summed E-state index contributed by atoms with van der Waals surface area (Å²) in [6.07, 6.45) is 6.66. The lowest BCUT2D eigenvalue weighted by atomic mass is 9.85. The second kappa shape index (κ2) is 5.87. The van der Waals surface area contributed by atoms with E-state index in [0.717, 1.165) is 11.3 Å². The van der Waals surface area contributed by atoms with Crippen LogP contribution < -0.4 is 4.74 Å². The Labute approximate surface area is 148 Å². The standard InChI is InChI=1S/C23H23NO/c1-15-13-21(16-7-3-2-4-8-16)24-20-12-11-17-18-9-5-6-10-22(18)25-14-19(17)23(15)20/h5-6,9-13,16H,2-4,7-8,14H2,1H3. The summed E-state index contributed by atoms with van der Waals surface area (Å²) < 4.78 is 6.03. The van der Waals surface area contributed by atoms with Gasteiger partial charge in [-0.3, -0.25) is 4.98 Å². The van der Waals surface area contributed by atoms with Crippen LogP contribution in [0.4, 0.5) is 0 Å². The van der Waals surface area contributed by atoms with Crippen molar-refractivity contribution in [2.24, 2.45) is 0 Å². The Hall–Kier alpha value is -2.35. The molecule has 0 atom stereocenters. The van der Waals surface area contributed by atoms with Gasteiger partial charge >= 0.3 is 0 Å². The quantitative estimate of drug-likeness (QED) is 0.534. The number of pyridine rings is 1. The van der Waals surface area contributed by atoms with Gasteiger partial charge in [-0.05, 0) is 49.1 Å². The van der Waals surface area contributed by atoms with E-state index >= 15 is 0 Å². The summed E-state index contributed by atoms with van der Waals surface area (Å²) >= 11 is 0. The zero-order valence-electron chi connectivity index (χ0n) is 14.7. The van der Waals surface area contributed by atoms with Gasteiger partial charge in [-0.2, -0.15) is 0 Å². The maximum atomic E-state index is 6.03. The van der Waals surface area contributed by atoms with Crippen LogP contribution >= 0.6 is 0 Å². The molecule has 2 aliphatic rings. The van der Waals surface area contributed by atoms with Gasteiger partial charge in [0, 0.05) is 28.1 Å². The van der Waals surface area contributed by atoms with Crippen molar-refractivity contribution in [3.63, 3.8) is 0 Å². The third-order valence-corrected chi connectivity index (χ3v) is 5.87. The van der Waals surface area contributed by atoms with Crippen LogP contribution in [0.1, 0.15) is 54.8 Å². The SMILES string of the molecule is Cc1cc(C2CCCCC2)nc2ccc3c(c12)COc1ccccc1-3. The van der Waals surface area contributed by atoms with Gasteiger partial charge in [-0.1, -0.05) is 43.5 Å². The number of hydrogen-bond donors (Lipinski definition) is 0. The molecule has 0 spiro atoms. The fourth-order valence-corrected chi connectivity index (χ4v) is 4.61. The molecule has 25 heavy (non-hydrogen) atoms. The minimum absolute atomic E-state index is 0.634. The van der Waals surface area contributed by atoms with Crippen LogP contribution in [0, 0.1) is 6.92 Å². The summed E-state index contributed by atoms with van der Waals surface area (Å²) in [7, 11) is 0. The molecule has 1 fully saturated rings. The summed E-state index contributed by atoms with van der Waals surface area (Å²) in [6.45, 7) is 2.87. The number of rotatable bonds is 1. The smallest absolute Gasteiger partial charge is 0.127 e. The number of fused-ring (bicyclic) bond motifs is 5. The van der Waals surface area contributed by atoms with Crippen molar-refractivity contribution in [1.82, 2.24) is 4.98 Å². The lowest BCUT2D eigenvalue weighted by Gasteiger charge is -2.25. The average molecular weight is 329 g/mol. The molecule has 126 valence electrons. The van der Waals surface area contributed by atoms with E-state index in [1.165, 1.54) is 65.4 Å². The predicted octanol–water partition coefficient (Wildman–Crippen LogP) is 6.15. The zero-order chi connectivity index (χ0) is 16.8. The van der Waals surface area contributed by atoms with Crippen LogP contribution in [0.25, 0.3) is 22.0 Å². The molecule has 0 N–H and O–H groups in total. The van der Waals surface area contributed by atoms with Crippen LogP contribution in [-0.4, -0.2) is 4.98 Å². The number of nitrogens with zero attached hydrogens (tertiary/aromatic N) is 1. The Morgan fingerprint density at radius 2 is 1.80 bits per heavy atom. The minimum Gasteiger partial charge on any atom is -0.488 e. The summed E-state index contributed by atoms with van der Waals surface area (Å²) in [5.41, 5.74) is 7.54. The van der Waals surface area contributed by atoms with Gasteiger partial charge in [0.15, 0.2) is 0 Å². The van der Waals surface area contributed by atoms with Crippen LogP contribution in [0.5, 0.6) is 5.75 Å². The number of hydrogen-bond acceptors (Lipinski definition) is 2. The van der Waals surface area contributed by atoms with E-state index in [1.807, 2.05) is 6.07 Å². The second-order valence-electron chi connectivity index (χ2n) is 7.47. The van der Waals surface area contributed by atoms with Crippen LogP contribution in [0.15, 0.2) is 42.5 Å². The molecule has 1 saturated carbocycles. The Balaban J connectivity index is 1.68. The van der Waals surface area contributed by atoms with Crippen molar-refractivity contribution >= 4 is 10.9 Å².